The molecule has 0 aromatic heterocycles. The summed E-state index contributed by atoms with van der Waals surface area (Å²) in [5.41, 5.74) is 3.24. The van der Waals surface area contributed by atoms with Crippen molar-refractivity contribution in [1.82, 2.24) is 0 Å². The van der Waals surface area contributed by atoms with Gasteiger partial charge in [0, 0.05) is 0 Å². The third-order valence-corrected chi connectivity index (χ3v) is 6.17. The summed E-state index contributed by atoms with van der Waals surface area (Å²) >= 11 is 1.61. The van der Waals surface area contributed by atoms with Gasteiger partial charge >= 0.3 is 81.3 Å². The van der Waals surface area contributed by atoms with Gasteiger partial charge in [-0.2, -0.15) is 0 Å². The van der Waals surface area contributed by atoms with Crippen LogP contribution in [0.25, 0.3) is 0 Å². The molecule has 0 heterocycles. The molecule has 1 aliphatic rings. The summed E-state index contributed by atoms with van der Waals surface area (Å²) in [6, 6.07) is 0. The standard InChI is InChI=1S/C8H13Si.Zr.2H/c1-5-4-6(2)8(9)7(5)3;;;/h5H,1-3,9H3;;;/q;;2*-1. The van der Waals surface area contributed by atoms with Gasteiger partial charge < -0.3 is 2.85 Å². The second-order valence-electron chi connectivity index (χ2n) is 3.07. The maximum Gasteiger partial charge on any atom is -1.00 e. The molecule has 10 heavy (non-hydrogen) atoms. The first kappa shape index (κ1) is 8.67. The topological polar surface area (TPSA) is 0 Å². The van der Waals surface area contributed by atoms with Crippen LogP contribution in [0, 0.1) is 5.92 Å². The van der Waals surface area contributed by atoms with E-state index < -0.39 is 0 Å². The Balaban J connectivity index is 0. The molecular weight excluding hydrogens is 215 g/mol. The molecule has 0 radical (unpaired) electrons. The van der Waals surface area contributed by atoms with E-state index in [1.807, 2.05) is 0 Å². The molecule has 2 heteroatoms. The van der Waals surface area contributed by atoms with E-state index in [0.29, 0.717) is 0 Å². The molecule has 0 amide bonds. The van der Waals surface area contributed by atoms with Crippen LogP contribution in [0.2, 0.25) is 0 Å². The van der Waals surface area contributed by atoms with E-state index in [2.05, 4.69) is 20.8 Å². The summed E-state index contributed by atoms with van der Waals surface area (Å²) in [6.07, 6.45) is 0. The first-order chi connectivity index (χ1) is 4.55. The van der Waals surface area contributed by atoms with Gasteiger partial charge in [-0.05, 0) is 0 Å². The summed E-state index contributed by atoms with van der Waals surface area (Å²) in [5, 5.41) is 1.67. The second-order valence-corrected chi connectivity index (χ2v) is 5.39. The van der Waals surface area contributed by atoms with Crippen molar-refractivity contribution in [1.29, 1.82) is 0 Å². The third kappa shape index (κ3) is 1.16. The Morgan fingerprint density at radius 1 is 1.50 bits per heavy atom. The minimum absolute atomic E-state index is 0. The zero-order valence-corrected chi connectivity index (χ0v) is 11.5. The smallest absolute Gasteiger partial charge is 1.00 e. The normalized spacial score (nSPS) is 26.8. The number of hydrogen-bond acceptors (Lipinski definition) is 0. The van der Waals surface area contributed by atoms with Crippen LogP contribution in [0.1, 0.15) is 23.6 Å². The Kier molecular flexibility index (Phi) is 2.52. The van der Waals surface area contributed by atoms with E-state index in [-0.39, 0.29) is 2.85 Å². The Morgan fingerprint density at radius 3 is 2.10 bits per heavy atom. The molecule has 0 saturated carbocycles. The molecule has 1 rings (SSSR count). The van der Waals surface area contributed by atoms with Gasteiger partial charge in [-0.25, -0.2) is 0 Å². The van der Waals surface area contributed by atoms with E-state index >= 15 is 0 Å². The van der Waals surface area contributed by atoms with Crippen LogP contribution in [-0.4, -0.2) is 10.2 Å². The molecular formula is C8H15SiZr-2. The molecule has 1 aliphatic carbocycles. The molecule has 0 aliphatic heterocycles. The van der Waals surface area contributed by atoms with E-state index in [4.69, 9.17) is 0 Å². The van der Waals surface area contributed by atoms with Crippen molar-refractivity contribution < 1.29 is 27.6 Å². The van der Waals surface area contributed by atoms with Gasteiger partial charge in [0.05, 0.1) is 0 Å². The van der Waals surface area contributed by atoms with E-state index in [9.17, 15) is 0 Å². The van der Waals surface area contributed by atoms with Crippen molar-refractivity contribution in [2.75, 3.05) is 0 Å². The first-order valence-corrected chi connectivity index (χ1v) is 5.88. The molecule has 0 saturated heterocycles. The van der Waals surface area contributed by atoms with Crippen molar-refractivity contribution in [2.24, 2.45) is 5.92 Å². The first-order valence-electron chi connectivity index (χ1n) is 3.65. The van der Waals surface area contributed by atoms with Crippen LogP contribution in [0.3, 0.4) is 0 Å². The molecule has 0 fully saturated rings. The Morgan fingerprint density at radius 2 is 2.00 bits per heavy atom. The third-order valence-electron chi connectivity index (χ3n) is 2.64. The zero-order chi connectivity index (χ0) is 7.89. The van der Waals surface area contributed by atoms with Crippen molar-refractivity contribution in [3.63, 3.8) is 0 Å². The van der Waals surface area contributed by atoms with Crippen molar-refractivity contribution in [3.8, 4) is 0 Å². The average Bonchev–Trinajstić information content (AvgIpc) is 2.07. The molecule has 0 N–H and O–H groups in total. The van der Waals surface area contributed by atoms with Gasteiger partial charge in [-0.1, -0.05) is 0 Å². The van der Waals surface area contributed by atoms with Gasteiger partial charge in [0.25, 0.3) is 0 Å². The van der Waals surface area contributed by atoms with E-state index in [1.165, 1.54) is 10.2 Å². The fourth-order valence-corrected chi connectivity index (χ4v) is 3.67. The number of rotatable bonds is 0. The van der Waals surface area contributed by atoms with Crippen LogP contribution < -0.4 is 0 Å². The van der Waals surface area contributed by atoms with E-state index in [1.54, 1.807) is 44.3 Å². The minimum Gasteiger partial charge on any atom is -1.00 e. The molecule has 57 valence electrons. The maximum absolute atomic E-state index is 2.33. The minimum atomic E-state index is 0. The maximum atomic E-state index is 2.33. The van der Waals surface area contributed by atoms with Gasteiger partial charge in [0.2, 0.25) is 0 Å². The number of hydrogen-bond donors (Lipinski definition) is 0. The Hall–Kier alpha value is 0.580. The van der Waals surface area contributed by atoms with Crippen LogP contribution in [0.4, 0.5) is 0 Å². The van der Waals surface area contributed by atoms with Gasteiger partial charge in [0.1, 0.15) is 0 Å². The molecule has 0 bridgehead atoms. The van der Waals surface area contributed by atoms with Gasteiger partial charge in [0.15, 0.2) is 0 Å². The fraction of sp³-hybridized carbons (Fsp3) is 0.500. The summed E-state index contributed by atoms with van der Waals surface area (Å²) < 4.78 is 1.68. The SMILES string of the molecule is CC1=[C]([Zr])C(C)C(C)=C1[SiH3].[H-].[H-]. The summed E-state index contributed by atoms with van der Waals surface area (Å²) in [4.78, 5) is 0. The molecule has 0 aromatic carbocycles. The van der Waals surface area contributed by atoms with Crippen molar-refractivity contribution in [3.05, 3.63) is 19.6 Å². The van der Waals surface area contributed by atoms with Gasteiger partial charge in [-0.3, -0.25) is 0 Å². The average molecular weight is 231 g/mol. The van der Waals surface area contributed by atoms with Crippen LogP contribution in [-0.2, 0) is 24.7 Å². The molecule has 1 atom stereocenters. The number of allylic oxidation sites excluding steroid dienone is 4. The summed E-state index contributed by atoms with van der Waals surface area (Å²) in [7, 11) is 1.23. The predicted octanol–water partition coefficient (Wildman–Crippen LogP) is 1.32. The van der Waals surface area contributed by atoms with E-state index in [0.717, 1.165) is 5.92 Å². The second kappa shape index (κ2) is 2.91. The quantitative estimate of drug-likeness (QED) is 0.551. The summed E-state index contributed by atoms with van der Waals surface area (Å²) in [5.74, 6) is 0.769. The predicted molar refractivity (Wildman–Crippen MR) is 46.7 cm³/mol. The fourth-order valence-electron chi connectivity index (χ4n) is 1.36. The Bertz CT molecular complexity index is 209. The molecule has 0 spiro atoms. The summed E-state index contributed by atoms with van der Waals surface area (Å²) in [6.45, 7) is 6.89. The van der Waals surface area contributed by atoms with Crippen molar-refractivity contribution in [2.45, 2.75) is 20.8 Å². The van der Waals surface area contributed by atoms with Crippen LogP contribution >= 0.6 is 0 Å². The zero-order valence-electron chi connectivity index (χ0n) is 9.08. The molecule has 0 aromatic rings. The van der Waals surface area contributed by atoms with Crippen LogP contribution in [0.5, 0.6) is 0 Å². The monoisotopic (exact) mass is 229 g/mol. The van der Waals surface area contributed by atoms with Crippen molar-refractivity contribution >= 4 is 10.2 Å². The molecule has 0 nitrogen and oxygen atoms in total. The largest absolute Gasteiger partial charge is 1.00 e. The Labute approximate surface area is 84.0 Å². The van der Waals surface area contributed by atoms with Crippen LogP contribution in [0.15, 0.2) is 19.6 Å². The van der Waals surface area contributed by atoms with Gasteiger partial charge in [-0.15, -0.1) is 0 Å². The molecule has 1 unspecified atom stereocenters.